The summed E-state index contributed by atoms with van der Waals surface area (Å²) in [6, 6.07) is 2.41. The number of pyridine rings is 1. The maximum Gasteiger partial charge on any atom is 0.433 e. The zero-order valence-electron chi connectivity index (χ0n) is 12.0. The number of rotatable bonds is 2. The normalized spacial score (nSPS) is 19.9. The fraction of sp³-hybridized carbons (Fsp3) is 0.667. The molecule has 0 spiro atoms. The van der Waals surface area contributed by atoms with Crippen LogP contribution in [0.15, 0.2) is 12.1 Å². The molecule has 1 heterocycles. The monoisotopic (exact) mass is 287 g/mol. The molecule has 20 heavy (non-hydrogen) atoms. The third-order valence-electron chi connectivity index (χ3n) is 3.91. The largest absolute Gasteiger partial charge is 0.474 e. The molecule has 2 rings (SSSR count). The number of aromatic nitrogens is 1. The van der Waals surface area contributed by atoms with Crippen molar-refractivity contribution in [3.05, 3.63) is 23.4 Å². The highest BCUT2D eigenvalue weighted by molar-refractivity contribution is 5.28. The van der Waals surface area contributed by atoms with E-state index in [9.17, 15) is 13.2 Å². The number of ether oxygens (including phenoxy) is 1. The van der Waals surface area contributed by atoms with E-state index in [0.717, 1.165) is 31.7 Å². The van der Waals surface area contributed by atoms with Crippen molar-refractivity contribution < 1.29 is 17.9 Å². The van der Waals surface area contributed by atoms with E-state index in [-0.39, 0.29) is 12.0 Å². The molecule has 1 aliphatic carbocycles. The van der Waals surface area contributed by atoms with Gasteiger partial charge in [-0.3, -0.25) is 0 Å². The van der Waals surface area contributed by atoms with Crippen LogP contribution in [0.1, 0.15) is 50.8 Å². The Labute approximate surface area is 117 Å². The van der Waals surface area contributed by atoms with Gasteiger partial charge in [-0.2, -0.15) is 13.2 Å². The minimum absolute atomic E-state index is 0.0299. The number of aryl methyl sites for hydroxylation is 1. The zero-order chi connectivity index (χ0) is 15.0. The van der Waals surface area contributed by atoms with E-state index < -0.39 is 11.9 Å². The molecule has 5 heteroatoms. The lowest BCUT2D eigenvalue weighted by Gasteiger charge is -2.34. The van der Waals surface area contributed by atoms with Gasteiger partial charge in [-0.05, 0) is 44.1 Å². The van der Waals surface area contributed by atoms with Gasteiger partial charge in [-0.1, -0.05) is 19.9 Å². The molecule has 0 aromatic carbocycles. The van der Waals surface area contributed by atoms with Crippen molar-refractivity contribution in [1.29, 1.82) is 0 Å². The topological polar surface area (TPSA) is 22.1 Å². The van der Waals surface area contributed by atoms with Crippen molar-refractivity contribution in [2.24, 2.45) is 5.41 Å². The third kappa shape index (κ3) is 3.64. The van der Waals surface area contributed by atoms with Crippen molar-refractivity contribution in [2.45, 2.75) is 58.7 Å². The van der Waals surface area contributed by atoms with Crippen LogP contribution >= 0.6 is 0 Å². The molecule has 1 aromatic rings. The standard InChI is InChI=1S/C15H20F3NO/c1-10-4-5-12(15(16,17)18)19-13(10)20-11-6-8-14(2,3)9-7-11/h4-5,11H,6-9H2,1-3H3. The van der Waals surface area contributed by atoms with E-state index >= 15 is 0 Å². The Bertz CT molecular complexity index is 472. The van der Waals surface area contributed by atoms with Crippen LogP contribution in [0.3, 0.4) is 0 Å². The van der Waals surface area contributed by atoms with E-state index in [4.69, 9.17) is 4.74 Å². The van der Waals surface area contributed by atoms with Crippen molar-refractivity contribution in [3.63, 3.8) is 0 Å². The van der Waals surface area contributed by atoms with Gasteiger partial charge < -0.3 is 4.74 Å². The van der Waals surface area contributed by atoms with Crippen LogP contribution in [0.25, 0.3) is 0 Å². The van der Waals surface area contributed by atoms with Crippen LogP contribution < -0.4 is 4.74 Å². The lowest BCUT2D eigenvalue weighted by molar-refractivity contribution is -0.141. The van der Waals surface area contributed by atoms with Gasteiger partial charge in [0.05, 0.1) is 0 Å². The summed E-state index contributed by atoms with van der Waals surface area (Å²) in [5.41, 5.74) is 0.0490. The van der Waals surface area contributed by atoms with Crippen molar-refractivity contribution >= 4 is 0 Å². The first kappa shape index (κ1) is 15.1. The number of halogens is 3. The Morgan fingerprint density at radius 1 is 1.20 bits per heavy atom. The minimum atomic E-state index is -4.43. The number of hydrogen-bond acceptors (Lipinski definition) is 2. The quantitative estimate of drug-likeness (QED) is 0.782. The molecule has 1 saturated carbocycles. The van der Waals surface area contributed by atoms with E-state index in [2.05, 4.69) is 18.8 Å². The molecule has 0 radical (unpaired) electrons. The van der Waals surface area contributed by atoms with Gasteiger partial charge in [0.2, 0.25) is 5.88 Å². The first-order chi connectivity index (χ1) is 9.17. The summed E-state index contributed by atoms with van der Waals surface area (Å²) >= 11 is 0. The first-order valence-electron chi connectivity index (χ1n) is 6.89. The maximum atomic E-state index is 12.7. The average Bonchev–Trinajstić information content (AvgIpc) is 2.33. The second kappa shape index (κ2) is 5.26. The molecular formula is C15H20F3NO. The first-order valence-corrected chi connectivity index (χ1v) is 6.89. The Morgan fingerprint density at radius 3 is 2.35 bits per heavy atom. The number of hydrogen-bond donors (Lipinski definition) is 0. The highest BCUT2D eigenvalue weighted by atomic mass is 19.4. The van der Waals surface area contributed by atoms with Gasteiger partial charge in [0.15, 0.2) is 0 Å². The molecule has 1 aromatic heterocycles. The van der Waals surface area contributed by atoms with Crippen LogP contribution in [0.5, 0.6) is 5.88 Å². The Hall–Kier alpha value is -1.26. The second-order valence-electron chi connectivity index (χ2n) is 6.30. The molecule has 0 unspecified atom stereocenters. The zero-order valence-corrected chi connectivity index (χ0v) is 12.0. The summed E-state index contributed by atoms with van der Waals surface area (Å²) in [5, 5.41) is 0. The number of nitrogens with zero attached hydrogens (tertiary/aromatic N) is 1. The van der Waals surface area contributed by atoms with Gasteiger partial charge in [-0.15, -0.1) is 0 Å². The van der Waals surface area contributed by atoms with E-state index in [0.29, 0.717) is 11.0 Å². The SMILES string of the molecule is Cc1ccc(C(F)(F)F)nc1OC1CCC(C)(C)CC1. The average molecular weight is 287 g/mol. The molecular weight excluding hydrogens is 267 g/mol. The highest BCUT2D eigenvalue weighted by Crippen LogP contribution is 2.37. The van der Waals surface area contributed by atoms with Crippen molar-refractivity contribution in [2.75, 3.05) is 0 Å². The lowest BCUT2D eigenvalue weighted by Crippen LogP contribution is -2.29. The summed E-state index contributed by atoms with van der Waals surface area (Å²) in [7, 11) is 0. The molecule has 112 valence electrons. The second-order valence-corrected chi connectivity index (χ2v) is 6.30. The summed E-state index contributed by atoms with van der Waals surface area (Å²) in [6.07, 6.45) is -0.682. The summed E-state index contributed by atoms with van der Waals surface area (Å²) in [6.45, 7) is 6.13. The smallest absolute Gasteiger partial charge is 0.433 e. The molecule has 0 aliphatic heterocycles. The fourth-order valence-corrected chi connectivity index (χ4v) is 2.44. The molecule has 1 fully saturated rings. The van der Waals surface area contributed by atoms with Crippen LogP contribution in [-0.4, -0.2) is 11.1 Å². The Kier molecular flexibility index (Phi) is 3.98. The summed E-state index contributed by atoms with van der Waals surface area (Å²) in [4.78, 5) is 3.63. The van der Waals surface area contributed by atoms with Gasteiger partial charge in [-0.25, -0.2) is 4.98 Å². The Balaban J connectivity index is 2.10. The van der Waals surface area contributed by atoms with Crippen molar-refractivity contribution in [3.8, 4) is 5.88 Å². The summed E-state index contributed by atoms with van der Waals surface area (Å²) < 4.78 is 43.7. The van der Waals surface area contributed by atoms with E-state index in [1.807, 2.05) is 0 Å². The van der Waals surface area contributed by atoms with E-state index in [1.165, 1.54) is 6.07 Å². The molecule has 2 nitrogen and oxygen atoms in total. The molecule has 0 N–H and O–H groups in total. The number of alkyl halides is 3. The van der Waals surface area contributed by atoms with Crippen LogP contribution in [0.2, 0.25) is 0 Å². The minimum Gasteiger partial charge on any atom is -0.474 e. The van der Waals surface area contributed by atoms with E-state index in [1.54, 1.807) is 6.92 Å². The van der Waals surface area contributed by atoms with Crippen LogP contribution in [-0.2, 0) is 6.18 Å². The van der Waals surface area contributed by atoms with Gasteiger partial charge in [0.1, 0.15) is 11.8 Å². The van der Waals surface area contributed by atoms with Gasteiger partial charge in [0.25, 0.3) is 0 Å². The van der Waals surface area contributed by atoms with Crippen molar-refractivity contribution in [1.82, 2.24) is 4.98 Å². The third-order valence-corrected chi connectivity index (χ3v) is 3.91. The fourth-order valence-electron chi connectivity index (χ4n) is 2.44. The van der Waals surface area contributed by atoms with Crippen LogP contribution in [0.4, 0.5) is 13.2 Å². The maximum absolute atomic E-state index is 12.7. The molecule has 0 bridgehead atoms. The lowest BCUT2D eigenvalue weighted by atomic mass is 9.76. The van der Waals surface area contributed by atoms with Gasteiger partial charge in [0, 0.05) is 5.56 Å². The Morgan fingerprint density at radius 2 is 1.80 bits per heavy atom. The van der Waals surface area contributed by atoms with Crippen LogP contribution in [0, 0.1) is 12.3 Å². The van der Waals surface area contributed by atoms with Gasteiger partial charge >= 0.3 is 6.18 Å². The molecule has 0 amide bonds. The predicted molar refractivity (Wildman–Crippen MR) is 70.6 cm³/mol. The molecule has 0 atom stereocenters. The highest BCUT2D eigenvalue weighted by Gasteiger charge is 2.34. The molecule has 0 saturated heterocycles. The summed E-state index contributed by atoms with van der Waals surface area (Å²) in [5.74, 6) is 0.115. The predicted octanol–water partition coefficient (Wildman–Crippen LogP) is 4.76. The molecule has 1 aliphatic rings.